The first-order valence-electron chi connectivity index (χ1n) is 12.0. The molecule has 3 fully saturated rings. The second kappa shape index (κ2) is 9.12. The van der Waals surface area contributed by atoms with Crippen LogP contribution in [0.25, 0.3) is 0 Å². The Labute approximate surface area is 199 Å². The number of carbonyl (C=O) groups excluding carboxylic acids is 1. The lowest BCUT2D eigenvalue weighted by atomic mass is 9.91. The predicted molar refractivity (Wildman–Crippen MR) is 120 cm³/mol. The third-order valence-corrected chi connectivity index (χ3v) is 7.34. The number of aromatic amines is 1. The van der Waals surface area contributed by atoms with Crippen molar-refractivity contribution >= 4 is 17.3 Å². The molecule has 2 aromatic rings. The number of hydrogen-bond donors (Lipinski definition) is 1. The average Bonchev–Trinajstić information content (AvgIpc) is 3.59. The first-order valence-corrected chi connectivity index (χ1v) is 12.0. The molecule has 9 nitrogen and oxygen atoms in total. The highest BCUT2D eigenvalue weighted by Gasteiger charge is 2.36. The molecular weight excluding hydrogens is 465 g/mol. The Morgan fingerprint density at radius 2 is 1.71 bits per heavy atom. The number of benzene rings is 1. The molecule has 2 aliphatic heterocycles. The molecule has 0 atom stereocenters. The van der Waals surface area contributed by atoms with Crippen LogP contribution in [-0.4, -0.2) is 57.1 Å². The lowest BCUT2D eigenvalue weighted by molar-refractivity contribution is -0.384. The van der Waals surface area contributed by atoms with E-state index in [0.29, 0.717) is 51.0 Å². The maximum Gasteiger partial charge on any atom is 0.416 e. The van der Waals surface area contributed by atoms with Gasteiger partial charge in [0.05, 0.1) is 10.5 Å². The first kappa shape index (κ1) is 23.6. The number of aromatic nitrogens is 3. The van der Waals surface area contributed by atoms with Gasteiger partial charge in [0.1, 0.15) is 11.5 Å². The van der Waals surface area contributed by atoms with Crippen molar-refractivity contribution in [3.05, 3.63) is 45.5 Å². The zero-order chi connectivity index (χ0) is 24.7. The summed E-state index contributed by atoms with van der Waals surface area (Å²) in [5, 5.41) is 18.8. The second-order valence-corrected chi connectivity index (χ2v) is 9.67. The molecule has 1 amide bonds. The number of alkyl halides is 3. The van der Waals surface area contributed by atoms with Crippen LogP contribution in [0.2, 0.25) is 0 Å². The van der Waals surface area contributed by atoms with Gasteiger partial charge in [0.25, 0.3) is 5.69 Å². The van der Waals surface area contributed by atoms with Crippen molar-refractivity contribution in [1.29, 1.82) is 0 Å². The fraction of sp³-hybridized carbons (Fsp3) is 0.609. The molecule has 1 aliphatic carbocycles. The molecule has 188 valence electrons. The molecule has 1 aromatic carbocycles. The lowest BCUT2D eigenvalue weighted by Crippen LogP contribution is -2.45. The fourth-order valence-corrected chi connectivity index (χ4v) is 5.11. The number of amides is 1. The summed E-state index contributed by atoms with van der Waals surface area (Å²) < 4.78 is 39.0. The van der Waals surface area contributed by atoms with Gasteiger partial charge in [0.2, 0.25) is 5.91 Å². The van der Waals surface area contributed by atoms with Crippen molar-refractivity contribution in [2.24, 2.45) is 5.92 Å². The van der Waals surface area contributed by atoms with Crippen LogP contribution in [0.5, 0.6) is 0 Å². The predicted octanol–water partition coefficient (Wildman–Crippen LogP) is 4.23. The van der Waals surface area contributed by atoms with Crippen molar-refractivity contribution < 1.29 is 22.9 Å². The van der Waals surface area contributed by atoms with Crippen LogP contribution in [0, 0.1) is 16.0 Å². The van der Waals surface area contributed by atoms with Gasteiger partial charge >= 0.3 is 6.18 Å². The largest absolute Gasteiger partial charge is 0.416 e. The Morgan fingerprint density at radius 1 is 1.03 bits per heavy atom. The number of halogens is 3. The van der Waals surface area contributed by atoms with Gasteiger partial charge in [-0.1, -0.05) is 0 Å². The number of nitro groups is 1. The molecule has 2 saturated heterocycles. The van der Waals surface area contributed by atoms with Crippen molar-refractivity contribution in [1.82, 2.24) is 20.1 Å². The van der Waals surface area contributed by atoms with E-state index in [0.717, 1.165) is 49.5 Å². The Morgan fingerprint density at radius 3 is 2.31 bits per heavy atom. The van der Waals surface area contributed by atoms with E-state index >= 15 is 0 Å². The van der Waals surface area contributed by atoms with E-state index < -0.39 is 22.4 Å². The zero-order valence-corrected chi connectivity index (χ0v) is 19.1. The maximum absolute atomic E-state index is 13.1. The van der Waals surface area contributed by atoms with Crippen LogP contribution in [0.3, 0.4) is 0 Å². The molecule has 0 unspecified atom stereocenters. The monoisotopic (exact) mass is 492 g/mol. The van der Waals surface area contributed by atoms with Gasteiger partial charge in [-0.15, -0.1) is 0 Å². The number of nitrogens with zero attached hydrogens (tertiary/aromatic N) is 5. The van der Waals surface area contributed by atoms with E-state index in [4.69, 9.17) is 0 Å². The van der Waals surface area contributed by atoms with E-state index in [1.165, 1.54) is 0 Å². The Hall–Kier alpha value is -3.18. The molecule has 0 radical (unpaired) electrons. The van der Waals surface area contributed by atoms with Crippen molar-refractivity contribution in [3.63, 3.8) is 0 Å². The molecule has 12 heteroatoms. The summed E-state index contributed by atoms with van der Waals surface area (Å²) in [5.74, 6) is 2.46. The molecule has 3 heterocycles. The Balaban J connectivity index is 1.16. The van der Waals surface area contributed by atoms with E-state index in [2.05, 4.69) is 15.2 Å². The minimum Gasteiger partial charge on any atom is -0.366 e. The summed E-state index contributed by atoms with van der Waals surface area (Å²) in [6.45, 7) is 2.04. The minimum absolute atomic E-state index is 0.0845. The van der Waals surface area contributed by atoms with Crippen LogP contribution in [0.4, 0.5) is 24.5 Å². The van der Waals surface area contributed by atoms with Crippen LogP contribution in [-0.2, 0) is 11.0 Å². The molecule has 1 aromatic heterocycles. The van der Waals surface area contributed by atoms with Gasteiger partial charge in [-0.2, -0.15) is 18.3 Å². The molecule has 0 spiro atoms. The normalized spacial score (nSPS) is 20.3. The smallest absolute Gasteiger partial charge is 0.366 e. The van der Waals surface area contributed by atoms with E-state index in [9.17, 15) is 28.1 Å². The topological polar surface area (TPSA) is 108 Å². The summed E-state index contributed by atoms with van der Waals surface area (Å²) in [5.41, 5.74) is -1.45. The third-order valence-electron chi connectivity index (χ3n) is 7.34. The molecule has 0 bridgehead atoms. The Kier molecular flexibility index (Phi) is 6.14. The number of carbonyl (C=O) groups is 1. The number of nitro benzene ring substituents is 1. The van der Waals surface area contributed by atoms with Crippen molar-refractivity contribution in [2.75, 3.05) is 31.1 Å². The van der Waals surface area contributed by atoms with Gasteiger partial charge in [-0.3, -0.25) is 20.0 Å². The van der Waals surface area contributed by atoms with Crippen LogP contribution in [0.15, 0.2) is 18.2 Å². The van der Waals surface area contributed by atoms with E-state index in [-0.39, 0.29) is 23.4 Å². The molecule has 3 aliphatic rings. The highest BCUT2D eigenvalue weighted by Crippen LogP contribution is 2.39. The molecular formula is C23H27F3N6O3. The number of piperidine rings is 2. The van der Waals surface area contributed by atoms with Crippen LogP contribution >= 0.6 is 0 Å². The summed E-state index contributed by atoms with van der Waals surface area (Å²) in [6.07, 6.45) is 0.296. The molecule has 5 rings (SSSR count). The van der Waals surface area contributed by atoms with Crippen LogP contribution in [0.1, 0.15) is 67.6 Å². The number of likely N-dealkylation sites (tertiary alicyclic amines) is 1. The lowest BCUT2D eigenvalue weighted by Gasteiger charge is -2.37. The number of anilines is 1. The fourth-order valence-electron chi connectivity index (χ4n) is 5.11. The summed E-state index contributed by atoms with van der Waals surface area (Å²) in [6, 6.07) is 2.61. The SMILES string of the molecule is O=C(C1CCN(c2ccc(C(F)(F)F)cc2[N+](=O)[O-])CC1)N1CCC(c2nc(C3CC3)n[nH]2)CC1. The summed E-state index contributed by atoms with van der Waals surface area (Å²) in [4.78, 5) is 32.0. The maximum atomic E-state index is 13.1. The van der Waals surface area contributed by atoms with Gasteiger partial charge in [0.15, 0.2) is 5.82 Å². The van der Waals surface area contributed by atoms with Gasteiger partial charge in [-0.25, -0.2) is 4.98 Å². The Bertz CT molecular complexity index is 1100. The molecule has 35 heavy (non-hydrogen) atoms. The molecule has 1 N–H and O–H groups in total. The van der Waals surface area contributed by atoms with E-state index in [1.54, 1.807) is 4.90 Å². The number of H-pyrrole nitrogens is 1. The van der Waals surface area contributed by atoms with Gasteiger partial charge < -0.3 is 9.80 Å². The second-order valence-electron chi connectivity index (χ2n) is 9.67. The number of nitrogens with one attached hydrogen (secondary N) is 1. The first-order chi connectivity index (χ1) is 16.7. The minimum atomic E-state index is -4.65. The zero-order valence-electron chi connectivity index (χ0n) is 19.1. The van der Waals surface area contributed by atoms with E-state index in [1.807, 2.05) is 4.90 Å². The summed E-state index contributed by atoms with van der Waals surface area (Å²) in [7, 11) is 0. The standard InChI is InChI=1S/C23H27F3N6O3/c24-23(25,26)17-3-4-18(19(13-17)32(34)35)30-9-7-16(8-10-30)22(33)31-11-5-15(6-12-31)21-27-20(28-29-21)14-1-2-14/h3-4,13-16H,1-2,5-12H2,(H,27,28,29). The number of rotatable bonds is 5. The quantitative estimate of drug-likeness (QED) is 0.494. The third kappa shape index (κ3) is 4.96. The summed E-state index contributed by atoms with van der Waals surface area (Å²) >= 11 is 0. The average molecular weight is 493 g/mol. The number of hydrogen-bond acceptors (Lipinski definition) is 6. The highest BCUT2D eigenvalue weighted by molar-refractivity contribution is 5.79. The van der Waals surface area contributed by atoms with Crippen molar-refractivity contribution in [3.8, 4) is 0 Å². The van der Waals surface area contributed by atoms with Crippen molar-refractivity contribution in [2.45, 2.75) is 56.5 Å². The van der Waals surface area contributed by atoms with Gasteiger partial charge in [-0.05, 0) is 50.7 Å². The molecule has 1 saturated carbocycles. The van der Waals surface area contributed by atoms with Crippen LogP contribution < -0.4 is 4.90 Å². The van der Waals surface area contributed by atoms with Gasteiger partial charge in [0, 0.05) is 50.0 Å². The highest BCUT2D eigenvalue weighted by atomic mass is 19.4.